The molecule has 0 aliphatic rings. The molecule has 0 radical (unpaired) electrons. The summed E-state index contributed by atoms with van der Waals surface area (Å²) < 4.78 is 6.56. The van der Waals surface area contributed by atoms with Gasteiger partial charge in [0.1, 0.15) is 5.75 Å². The summed E-state index contributed by atoms with van der Waals surface area (Å²) in [5.41, 5.74) is 1.92. The Bertz CT molecular complexity index is 427. The second kappa shape index (κ2) is 6.23. The van der Waals surface area contributed by atoms with Crippen LogP contribution in [0, 0.1) is 17.4 Å². The molecule has 1 rings (SSSR count). The minimum Gasteiger partial charge on any atom is -0.492 e. The van der Waals surface area contributed by atoms with Crippen LogP contribution in [0.5, 0.6) is 5.75 Å². The summed E-state index contributed by atoms with van der Waals surface area (Å²) in [6.45, 7) is 6.42. The monoisotopic (exact) mass is 348 g/mol. The largest absolute Gasteiger partial charge is 0.492 e. The second-order valence-corrected chi connectivity index (χ2v) is 5.09. The summed E-state index contributed by atoms with van der Waals surface area (Å²) in [5, 5.41) is 9.13. The molecule has 0 saturated carbocycles. The van der Waals surface area contributed by atoms with Crippen molar-refractivity contribution in [2.45, 2.75) is 33.6 Å². The fourth-order valence-corrected chi connectivity index (χ4v) is 2.26. The highest BCUT2D eigenvalue weighted by Crippen LogP contribution is 2.30. The molecule has 0 bridgehead atoms. The van der Waals surface area contributed by atoms with Gasteiger partial charge in [0.05, 0.1) is 15.7 Å². The van der Waals surface area contributed by atoms with Gasteiger partial charge in [-0.05, 0) is 60.1 Å². The quantitative estimate of drug-likeness (QED) is 0.651. The third kappa shape index (κ3) is 3.34. The van der Waals surface area contributed by atoms with Crippen LogP contribution in [0.25, 0.3) is 0 Å². The van der Waals surface area contributed by atoms with E-state index in [0.717, 1.165) is 33.3 Å². The minimum absolute atomic E-state index is 0.386. The van der Waals surface area contributed by atoms with Gasteiger partial charge in [0.25, 0.3) is 0 Å². The van der Waals surface area contributed by atoms with Gasteiger partial charge in [-0.15, -0.1) is 0 Å². The van der Waals surface area contributed by atoms with Crippen LogP contribution in [-0.4, -0.2) is 17.7 Å². The summed E-state index contributed by atoms with van der Waals surface area (Å²) in [6.07, 6.45) is 2.09. The number of halogens is 1. The van der Waals surface area contributed by atoms with Crippen LogP contribution in [0.2, 0.25) is 0 Å². The zero-order valence-electron chi connectivity index (χ0n) is 10.3. The van der Waals surface area contributed by atoms with Gasteiger partial charge in [-0.2, -0.15) is 0 Å². The summed E-state index contributed by atoms with van der Waals surface area (Å²) in [6, 6.07) is 1.81. The lowest BCUT2D eigenvalue weighted by Gasteiger charge is -2.14. The Labute approximate surface area is 115 Å². The van der Waals surface area contributed by atoms with Gasteiger partial charge >= 0.3 is 5.97 Å². The molecule has 0 fully saturated rings. The van der Waals surface area contributed by atoms with E-state index in [9.17, 15) is 4.79 Å². The number of unbranched alkanes of at least 4 members (excludes halogenated alkanes) is 1. The van der Waals surface area contributed by atoms with E-state index in [2.05, 4.69) is 29.5 Å². The molecule has 1 aromatic rings. The van der Waals surface area contributed by atoms with Gasteiger partial charge in [0.2, 0.25) is 0 Å². The summed E-state index contributed by atoms with van der Waals surface area (Å²) in [5.74, 6) is -0.0860. The number of carboxylic acid groups (broad SMARTS) is 1. The predicted octanol–water partition coefficient (Wildman–Crippen LogP) is 3.79. The van der Waals surface area contributed by atoms with Crippen LogP contribution in [0.4, 0.5) is 0 Å². The van der Waals surface area contributed by atoms with Crippen molar-refractivity contribution in [3.63, 3.8) is 0 Å². The average Bonchev–Trinajstić information content (AvgIpc) is 2.25. The molecule has 4 heteroatoms. The Balaban J connectivity index is 3.07. The number of benzene rings is 1. The van der Waals surface area contributed by atoms with E-state index in [0.29, 0.717) is 12.2 Å². The van der Waals surface area contributed by atoms with Crippen molar-refractivity contribution in [1.82, 2.24) is 0 Å². The molecule has 1 N–H and O–H groups in total. The summed E-state index contributed by atoms with van der Waals surface area (Å²) >= 11 is 2.14. The van der Waals surface area contributed by atoms with Crippen LogP contribution in [0.3, 0.4) is 0 Å². The molecular weight excluding hydrogens is 331 g/mol. The molecule has 0 amide bonds. The van der Waals surface area contributed by atoms with Gasteiger partial charge in [0.15, 0.2) is 0 Å². The van der Waals surface area contributed by atoms with Gasteiger partial charge in [-0.1, -0.05) is 13.3 Å². The van der Waals surface area contributed by atoms with Crippen LogP contribution < -0.4 is 4.74 Å². The maximum atomic E-state index is 11.1. The number of carboxylic acids is 1. The Kier molecular flexibility index (Phi) is 5.24. The summed E-state index contributed by atoms with van der Waals surface area (Å²) in [4.78, 5) is 11.1. The number of rotatable bonds is 5. The molecule has 0 aromatic heterocycles. The Hall–Kier alpha value is -0.780. The molecule has 0 unspecified atom stereocenters. The highest BCUT2D eigenvalue weighted by atomic mass is 127. The molecule has 0 spiro atoms. The van der Waals surface area contributed by atoms with E-state index < -0.39 is 5.97 Å². The highest BCUT2D eigenvalue weighted by Gasteiger charge is 2.16. The number of aromatic carboxylic acids is 1. The molecule has 1 aromatic carbocycles. The highest BCUT2D eigenvalue weighted by molar-refractivity contribution is 14.1. The fraction of sp³-hybridized carbons (Fsp3) is 0.462. The fourth-order valence-electron chi connectivity index (χ4n) is 1.68. The topological polar surface area (TPSA) is 46.5 Å². The standard InChI is InChI=1S/C13H17IO3/c1-4-5-6-17-10-7-8(2)11(13(15)16)9(3)12(10)14/h7H,4-6H2,1-3H3,(H,15,16). The molecule has 3 nitrogen and oxygen atoms in total. The molecule has 17 heavy (non-hydrogen) atoms. The second-order valence-electron chi connectivity index (χ2n) is 4.01. The third-order valence-corrected chi connectivity index (χ3v) is 3.97. The molecule has 0 aliphatic carbocycles. The SMILES string of the molecule is CCCCOc1cc(C)c(C(=O)O)c(C)c1I. The van der Waals surface area contributed by atoms with Crippen molar-refractivity contribution in [2.75, 3.05) is 6.61 Å². The lowest BCUT2D eigenvalue weighted by Crippen LogP contribution is -2.07. The van der Waals surface area contributed by atoms with Gasteiger partial charge < -0.3 is 9.84 Å². The molecule has 0 atom stereocenters. The maximum Gasteiger partial charge on any atom is 0.336 e. The van der Waals surface area contributed by atoms with E-state index in [1.807, 2.05) is 13.0 Å². The van der Waals surface area contributed by atoms with Crippen molar-refractivity contribution in [2.24, 2.45) is 0 Å². The van der Waals surface area contributed by atoms with Gasteiger partial charge in [0, 0.05) is 0 Å². The molecule has 0 heterocycles. The van der Waals surface area contributed by atoms with Gasteiger partial charge in [-0.25, -0.2) is 4.79 Å². The smallest absolute Gasteiger partial charge is 0.336 e. The third-order valence-electron chi connectivity index (χ3n) is 2.63. The normalized spacial score (nSPS) is 10.4. The maximum absolute atomic E-state index is 11.1. The van der Waals surface area contributed by atoms with Crippen LogP contribution in [-0.2, 0) is 0 Å². The first-order valence-electron chi connectivity index (χ1n) is 5.64. The van der Waals surface area contributed by atoms with Crippen LogP contribution >= 0.6 is 22.6 Å². The molecule has 0 aliphatic heterocycles. The van der Waals surface area contributed by atoms with Crippen LogP contribution in [0.15, 0.2) is 6.07 Å². The number of hydrogen-bond acceptors (Lipinski definition) is 2. The van der Waals surface area contributed by atoms with E-state index in [-0.39, 0.29) is 0 Å². The van der Waals surface area contributed by atoms with Crippen molar-refractivity contribution < 1.29 is 14.6 Å². The predicted molar refractivity (Wildman–Crippen MR) is 76.0 cm³/mol. The number of hydrogen-bond donors (Lipinski definition) is 1. The lowest BCUT2D eigenvalue weighted by atomic mass is 10.0. The van der Waals surface area contributed by atoms with Crippen molar-refractivity contribution >= 4 is 28.6 Å². The van der Waals surface area contributed by atoms with E-state index in [1.165, 1.54) is 0 Å². The first-order chi connectivity index (χ1) is 7.99. The zero-order chi connectivity index (χ0) is 13.0. The zero-order valence-corrected chi connectivity index (χ0v) is 12.5. The van der Waals surface area contributed by atoms with Crippen molar-refractivity contribution in [1.29, 1.82) is 0 Å². The first-order valence-corrected chi connectivity index (χ1v) is 6.72. The Morgan fingerprint density at radius 1 is 1.47 bits per heavy atom. The Morgan fingerprint density at radius 3 is 2.65 bits per heavy atom. The minimum atomic E-state index is -0.877. The first kappa shape index (κ1) is 14.3. The van der Waals surface area contributed by atoms with E-state index in [4.69, 9.17) is 9.84 Å². The molecule has 94 valence electrons. The van der Waals surface area contributed by atoms with Crippen LogP contribution in [0.1, 0.15) is 41.3 Å². The number of carbonyl (C=O) groups is 1. The summed E-state index contributed by atoms with van der Waals surface area (Å²) in [7, 11) is 0. The molecular formula is C13H17IO3. The van der Waals surface area contributed by atoms with E-state index in [1.54, 1.807) is 6.92 Å². The molecule has 0 saturated heterocycles. The lowest BCUT2D eigenvalue weighted by molar-refractivity contribution is 0.0695. The van der Waals surface area contributed by atoms with Crippen molar-refractivity contribution in [3.05, 3.63) is 26.3 Å². The Morgan fingerprint density at radius 2 is 2.12 bits per heavy atom. The van der Waals surface area contributed by atoms with E-state index >= 15 is 0 Å². The average molecular weight is 348 g/mol. The number of ether oxygens (including phenoxy) is 1. The van der Waals surface area contributed by atoms with Crippen molar-refractivity contribution in [3.8, 4) is 5.75 Å². The van der Waals surface area contributed by atoms with Gasteiger partial charge in [-0.3, -0.25) is 0 Å². The number of aryl methyl sites for hydroxylation is 1.